The number of carbonyl (C=O) groups is 1. The van der Waals surface area contributed by atoms with Crippen LogP contribution in [0.1, 0.15) is 25.2 Å². The number of aromatic nitrogens is 4. The lowest BCUT2D eigenvalue weighted by atomic mass is 10.2. The lowest BCUT2D eigenvalue weighted by Gasteiger charge is -2.35. The fourth-order valence-corrected chi connectivity index (χ4v) is 4.26. The number of amides is 1. The summed E-state index contributed by atoms with van der Waals surface area (Å²) < 4.78 is 5.23. The third-order valence-electron chi connectivity index (χ3n) is 5.25. The number of hydrogen-bond acceptors (Lipinski definition) is 7. The zero-order valence-corrected chi connectivity index (χ0v) is 18.3. The summed E-state index contributed by atoms with van der Waals surface area (Å²) in [6, 6.07) is 8.02. The molecule has 0 atom stereocenters. The van der Waals surface area contributed by atoms with Gasteiger partial charge < -0.3 is 19.5 Å². The molecular formula is C21H26N6O2S. The zero-order chi connectivity index (χ0) is 21.1. The predicted molar refractivity (Wildman–Crippen MR) is 118 cm³/mol. The van der Waals surface area contributed by atoms with Crippen molar-refractivity contribution in [3.8, 4) is 5.75 Å². The van der Waals surface area contributed by atoms with Crippen molar-refractivity contribution < 1.29 is 9.53 Å². The summed E-state index contributed by atoms with van der Waals surface area (Å²) in [6.45, 7) is 6.57. The fraction of sp³-hybridized carbons (Fsp3) is 0.429. The van der Waals surface area contributed by atoms with E-state index in [-0.39, 0.29) is 5.91 Å². The maximum atomic E-state index is 11.7. The van der Waals surface area contributed by atoms with Gasteiger partial charge >= 0.3 is 0 Å². The first-order chi connectivity index (χ1) is 14.6. The van der Waals surface area contributed by atoms with Crippen molar-refractivity contribution in [1.29, 1.82) is 0 Å². The second kappa shape index (κ2) is 8.91. The number of hydrogen-bond donors (Lipinski definition) is 1. The molecule has 3 heterocycles. The lowest BCUT2D eigenvalue weighted by Crippen LogP contribution is -2.48. The predicted octanol–water partition coefficient (Wildman–Crippen LogP) is 2.88. The van der Waals surface area contributed by atoms with Crippen molar-refractivity contribution in [1.82, 2.24) is 24.8 Å². The number of nitrogens with one attached hydrogen (secondary N) is 1. The molecule has 4 rings (SSSR count). The molecule has 30 heavy (non-hydrogen) atoms. The molecule has 2 aromatic heterocycles. The van der Waals surface area contributed by atoms with Crippen molar-refractivity contribution >= 4 is 34.7 Å². The molecule has 158 valence electrons. The molecule has 1 N–H and O–H groups in total. The molecule has 0 radical (unpaired) electrons. The van der Waals surface area contributed by atoms with Crippen LogP contribution in [-0.4, -0.2) is 64.0 Å². The first kappa shape index (κ1) is 20.5. The van der Waals surface area contributed by atoms with E-state index >= 15 is 0 Å². The Balaban J connectivity index is 1.58. The second-order valence-corrected chi connectivity index (χ2v) is 8.14. The van der Waals surface area contributed by atoms with E-state index in [2.05, 4.69) is 38.9 Å². The van der Waals surface area contributed by atoms with Crippen molar-refractivity contribution in [2.24, 2.45) is 0 Å². The third-order valence-corrected chi connectivity index (χ3v) is 6.17. The number of rotatable bonds is 6. The quantitative estimate of drug-likeness (QED) is 0.479. The number of nitrogens with zero attached hydrogens (tertiary/aromatic N) is 5. The van der Waals surface area contributed by atoms with Gasteiger partial charge in [-0.15, -0.1) is 0 Å². The minimum absolute atomic E-state index is 0.119. The van der Waals surface area contributed by atoms with Crippen LogP contribution in [0.4, 0.5) is 5.82 Å². The van der Waals surface area contributed by atoms with Crippen LogP contribution in [0.25, 0.3) is 11.2 Å². The van der Waals surface area contributed by atoms with Crippen LogP contribution in [0.2, 0.25) is 0 Å². The minimum atomic E-state index is 0.119. The Bertz CT molecular complexity index is 1030. The molecule has 9 heteroatoms. The largest absolute Gasteiger partial charge is 0.497 e. The molecule has 1 aromatic carbocycles. The molecule has 3 aromatic rings. The average molecular weight is 427 g/mol. The number of benzene rings is 1. The molecule has 0 spiro atoms. The van der Waals surface area contributed by atoms with E-state index in [1.165, 1.54) is 5.56 Å². The second-order valence-electron chi connectivity index (χ2n) is 7.20. The van der Waals surface area contributed by atoms with E-state index in [4.69, 9.17) is 9.72 Å². The highest BCUT2D eigenvalue weighted by Crippen LogP contribution is 2.28. The molecule has 0 aliphatic carbocycles. The number of ether oxygens (including phenoxy) is 1. The third kappa shape index (κ3) is 4.35. The highest BCUT2D eigenvalue weighted by Gasteiger charge is 2.23. The molecule has 0 bridgehead atoms. The molecule has 1 amide bonds. The summed E-state index contributed by atoms with van der Waals surface area (Å²) in [5.74, 6) is 3.50. The van der Waals surface area contributed by atoms with Crippen LogP contribution in [0.5, 0.6) is 5.75 Å². The molecule has 0 unspecified atom stereocenters. The summed E-state index contributed by atoms with van der Waals surface area (Å²) in [4.78, 5) is 33.3. The minimum Gasteiger partial charge on any atom is -0.497 e. The van der Waals surface area contributed by atoms with Gasteiger partial charge in [-0.05, 0) is 17.7 Å². The van der Waals surface area contributed by atoms with E-state index in [0.717, 1.165) is 48.2 Å². The van der Waals surface area contributed by atoms with Gasteiger partial charge in [0.05, 0.1) is 7.11 Å². The SMILES string of the molecule is CCc1nc2nc(SCc3ccc(OC)cc3)nc(N3CCN(C(C)=O)CC3)c2[nH]1. The van der Waals surface area contributed by atoms with Crippen LogP contribution in [0, 0.1) is 0 Å². The van der Waals surface area contributed by atoms with E-state index < -0.39 is 0 Å². The van der Waals surface area contributed by atoms with E-state index in [9.17, 15) is 4.79 Å². The Kier molecular flexibility index (Phi) is 6.08. The Labute approximate surface area is 180 Å². The molecule has 1 aliphatic rings. The summed E-state index contributed by atoms with van der Waals surface area (Å²) >= 11 is 1.59. The van der Waals surface area contributed by atoms with Crippen molar-refractivity contribution in [2.75, 3.05) is 38.2 Å². The van der Waals surface area contributed by atoms with Gasteiger partial charge in [0.2, 0.25) is 5.91 Å². The Morgan fingerprint density at radius 2 is 1.87 bits per heavy atom. The van der Waals surface area contributed by atoms with E-state index in [1.807, 2.05) is 17.0 Å². The maximum Gasteiger partial charge on any atom is 0.219 e. The number of imidazole rings is 1. The summed E-state index contributed by atoms with van der Waals surface area (Å²) in [7, 11) is 1.67. The van der Waals surface area contributed by atoms with Crippen molar-refractivity contribution in [2.45, 2.75) is 31.2 Å². The summed E-state index contributed by atoms with van der Waals surface area (Å²) in [6.07, 6.45) is 0.808. The number of anilines is 1. The van der Waals surface area contributed by atoms with E-state index in [1.54, 1.807) is 25.8 Å². The molecule has 1 saturated heterocycles. The first-order valence-corrected chi connectivity index (χ1v) is 11.1. The molecular weight excluding hydrogens is 400 g/mol. The molecule has 8 nitrogen and oxygen atoms in total. The highest BCUT2D eigenvalue weighted by atomic mass is 32.2. The van der Waals surface area contributed by atoms with Gasteiger partial charge in [-0.1, -0.05) is 30.8 Å². The van der Waals surface area contributed by atoms with E-state index in [0.29, 0.717) is 23.9 Å². The zero-order valence-electron chi connectivity index (χ0n) is 17.5. The standard InChI is InChI=1S/C21H26N6O2S/c1-4-17-22-18-19(23-17)24-21(30-13-15-5-7-16(29-3)8-6-15)25-20(18)27-11-9-26(10-12-27)14(2)28/h5-8H,4,9-13H2,1-3H3,(H,22,23,24,25). The van der Waals surface area contributed by atoms with Crippen LogP contribution >= 0.6 is 11.8 Å². The van der Waals surface area contributed by atoms with Gasteiger partial charge in [-0.2, -0.15) is 0 Å². The fourth-order valence-electron chi connectivity index (χ4n) is 3.47. The number of piperazine rings is 1. The monoisotopic (exact) mass is 426 g/mol. The highest BCUT2D eigenvalue weighted by molar-refractivity contribution is 7.98. The van der Waals surface area contributed by atoms with Crippen LogP contribution in [0.15, 0.2) is 29.4 Å². The maximum absolute atomic E-state index is 11.7. The lowest BCUT2D eigenvalue weighted by molar-refractivity contribution is -0.129. The normalized spacial score (nSPS) is 14.4. The van der Waals surface area contributed by atoms with Crippen LogP contribution in [-0.2, 0) is 17.0 Å². The van der Waals surface area contributed by atoms with Crippen molar-refractivity contribution in [3.05, 3.63) is 35.7 Å². The number of aryl methyl sites for hydroxylation is 1. The average Bonchev–Trinajstić information content (AvgIpc) is 3.21. The number of methoxy groups -OCH3 is 1. The Morgan fingerprint density at radius 3 is 2.50 bits per heavy atom. The smallest absolute Gasteiger partial charge is 0.219 e. The first-order valence-electron chi connectivity index (χ1n) is 10.1. The van der Waals surface area contributed by atoms with Crippen molar-refractivity contribution in [3.63, 3.8) is 0 Å². The van der Waals surface area contributed by atoms with Crippen LogP contribution in [0.3, 0.4) is 0 Å². The van der Waals surface area contributed by atoms with Crippen LogP contribution < -0.4 is 9.64 Å². The van der Waals surface area contributed by atoms with Gasteiger partial charge in [-0.25, -0.2) is 15.0 Å². The summed E-state index contributed by atoms with van der Waals surface area (Å²) in [5.41, 5.74) is 2.75. The number of thioether (sulfide) groups is 1. The van der Waals surface area contributed by atoms with Gasteiger partial charge in [0, 0.05) is 45.3 Å². The van der Waals surface area contributed by atoms with Gasteiger partial charge in [0.25, 0.3) is 0 Å². The Hall–Kier alpha value is -2.81. The van der Waals surface area contributed by atoms with Gasteiger partial charge in [0.15, 0.2) is 16.6 Å². The topological polar surface area (TPSA) is 87.2 Å². The molecule has 0 saturated carbocycles. The number of carbonyl (C=O) groups excluding carboxylic acids is 1. The molecule has 1 aliphatic heterocycles. The number of H-pyrrole nitrogens is 1. The molecule has 1 fully saturated rings. The van der Waals surface area contributed by atoms with Gasteiger partial charge in [-0.3, -0.25) is 4.79 Å². The Morgan fingerprint density at radius 1 is 1.13 bits per heavy atom. The summed E-state index contributed by atoms with van der Waals surface area (Å²) in [5, 5.41) is 0.705. The van der Waals surface area contributed by atoms with Gasteiger partial charge in [0.1, 0.15) is 17.1 Å². The number of fused-ring (bicyclic) bond motifs is 1. The number of aromatic amines is 1.